The van der Waals surface area contributed by atoms with Crippen molar-refractivity contribution in [2.75, 3.05) is 11.4 Å². The first-order valence-electron chi connectivity index (χ1n) is 6.84. The molecule has 0 bridgehead atoms. The van der Waals surface area contributed by atoms with Gasteiger partial charge < -0.3 is 4.90 Å². The SMILES string of the molecule is c1cnn(C[C@H]2CCCN2c2ncnc3sccc23)c1. The summed E-state index contributed by atoms with van der Waals surface area (Å²) in [7, 11) is 0. The minimum Gasteiger partial charge on any atom is -0.351 e. The number of hydrogen-bond acceptors (Lipinski definition) is 5. The molecule has 0 radical (unpaired) electrons. The molecule has 1 aliphatic rings. The van der Waals surface area contributed by atoms with E-state index in [2.05, 4.69) is 31.4 Å². The van der Waals surface area contributed by atoms with Crippen LogP contribution in [0, 0.1) is 0 Å². The lowest BCUT2D eigenvalue weighted by Gasteiger charge is -2.26. The summed E-state index contributed by atoms with van der Waals surface area (Å²) in [5, 5.41) is 7.58. The molecule has 3 aromatic heterocycles. The first-order valence-corrected chi connectivity index (χ1v) is 7.72. The highest BCUT2D eigenvalue weighted by molar-refractivity contribution is 7.16. The first kappa shape index (κ1) is 11.8. The number of nitrogens with zero attached hydrogens (tertiary/aromatic N) is 5. The van der Waals surface area contributed by atoms with Crippen LogP contribution < -0.4 is 4.90 Å². The van der Waals surface area contributed by atoms with E-state index < -0.39 is 0 Å². The van der Waals surface area contributed by atoms with Gasteiger partial charge in [-0.2, -0.15) is 5.10 Å². The van der Waals surface area contributed by atoms with E-state index in [1.807, 2.05) is 23.1 Å². The molecule has 1 aliphatic heterocycles. The Labute approximate surface area is 120 Å². The topological polar surface area (TPSA) is 46.8 Å². The lowest BCUT2D eigenvalue weighted by molar-refractivity contribution is 0.508. The maximum atomic E-state index is 4.53. The van der Waals surface area contributed by atoms with Gasteiger partial charge in [0.1, 0.15) is 17.0 Å². The summed E-state index contributed by atoms with van der Waals surface area (Å²) in [6.45, 7) is 1.98. The molecule has 20 heavy (non-hydrogen) atoms. The Morgan fingerprint density at radius 1 is 1.35 bits per heavy atom. The zero-order chi connectivity index (χ0) is 13.4. The largest absolute Gasteiger partial charge is 0.351 e. The summed E-state index contributed by atoms with van der Waals surface area (Å²) in [6.07, 6.45) is 7.94. The van der Waals surface area contributed by atoms with E-state index in [-0.39, 0.29) is 0 Å². The summed E-state index contributed by atoms with van der Waals surface area (Å²) in [5.74, 6) is 1.07. The van der Waals surface area contributed by atoms with Gasteiger partial charge in [-0.15, -0.1) is 11.3 Å². The molecule has 3 aromatic rings. The van der Waals surface area contributed by atoms with Crippen LogP contribution in [-0.2, 0) is 6.54 Å². The molecule has 1 fully saturated rings. The molecule has 0 aliphatic carbocycles. The Morgan fingerprint density at radius 2 is 2.35 bits per heavy atom. The number of rotatable bonds is 3. The molecule has 0 amide bonds. The number of anilines is 1. The highest BCUT2D eigenvalue weighted by atomic mass is 32.1. The van der Waals surface area contributed by atoms with Gasteiger partial charge in [0.25, 0.3) is 0 Å². The second-order valence-electron chi connectivity index (χ2n) is 5.05. The number of fused-ring (bicyclic) bond motifs is 1. The van der Waals surface area contributed by atoms with Crippen molar-refractivity contribution in [3.63, 3.8) is 0 Å². The second kappa shape index (κ2) is 4.86. The zero-order valence-electron chi connectivity index (χ0n) is 11.0. The molecule has 6 heteroatoms. The minimum absolute atomic E-state index is 0.466. The van der Waals surface area contributed by atoms with Gasteiger partial charge in [0.05, 0.1) is 18.0 Å². The summed E-state index contributed by atoms with van der Waals surface area (Å²) in [6, 6.07) is 4.56. The van der Waals surface area contributed by atoms with Gasteiger partial charge in [-0.05, 0) is 30.4 Å². The van der Waals surface area contributed by atoms with Crippen molar-refractivity contribution in [1.82, 2.24) is 19.7 Å². The van der Waals surface area contributed by atoms with Crippen molar-refractivity contribution < 1.29 is 0 Å². The standard InChI is InChI=1S/C14H15N5S/c1-3-11(9-18-6-2-5-17-18)19(7-1)13-12-4-8-20-14(12)16-10-15-13/h2,4-6,8,10-11H,1,3,7,9H2/t11-/m1/s1. The Kier molecular flexibility index (Phi) is 2.88. The van der Waals surface area contributed by atoms with Crippen LogP contribution in [0.1, 0.15) is 12.8 Å². The van der Waals surface area contributed by atoms with E-state index in [0.717, 1.165) is 23.7 Å². The molecule has 0 spiro atoms. The van der Waals surface area contributed by atoms with Crippen molar-refractivity contribution in [1.29, 1.82) is 0 Å². The molecular weight excluding hydrogens is 270 g/mol. The Hall–Kier alpha value is -1.95. The summed E-state index contributed by atoms with van der Waals surface area (Å²) >= 11 is 1.67. The van der Waals surface area contributed by atoms with Gasteiger partial charge in [-0.1, -0.05) is 0 Å². The maximum absolute atomic E-state index is 4.53. The maximum Gasteiger partial charge on any atom is 0.141 e. The molecule has 1 atom stereocenters. The van der Waals surface area contributed by atoms with Gasteiger partial charge in [0, 0.05) is 18.9 Å². The zero-order valence-corrected chi connectivity index (χ0v) is 11.8. The van der Waals surface area contributed by atoms with Crippen molar-refractivity contribution in [3.05, 3.63) is 36.2 Å². The minimum atomic E-state index is 0.466. The molecule has 0 unspecified atom stereocenters. The van der Waals surface area contributed by atoms with E-state index in [9.17, 15) is 0 Å². The van der Waals surface area contributed by atoms with E-state index in [4.69, 9.17) is 0 Å². The van der Waals surface area contributed by atoms with Gasteiger partial charge >= 0.3 is 0 Å². The third-order valence-corrected chi connectivity index (χ3v) is 4.67. The van der Waals surface area contributed by atoms with Crippen LogP contribution in [0.25, 0.3) is 10.2 Å². The van der Waals surface area contributed by atoms with Crippen molar-refractivity contribution in [2.24, 2.45) is 0 Å². The lowest BCUT2D eigenvalue weighted by atomic mass is 10.2. The van der Waals surface area contributed by atoms with Crippen LogP contribution in [-0.4, -0.2) is 32.3 Å². The molecule has 0 aromatic carbocycles. The monoisotopic (exact) mass is 285 g/mol. The fraction of sp³-hybridized carbons (Fsp3) is 0.357. The van der Waals surface area contributed by atoms with Gasteiger partial charge in [-0.3, -0.25) is 4.68 Å². The van der Waals surface area contributed by atoms with Crippen LogP contribution in [0.5, 0.6) is 0 Å². The molecule has 0 N–H and O–H groups in total. The third kappa shape index (κ3) is 1.96. The predicted octanol–water partition coefficient (Wildman–Crippen LogP) is 2.56. The van der Waals surface area contributed by atoms with E-state index in [1.165, 1.54) is 18.2 Å². The van der Waals surface area contributed by atoms with Crippen LogP contribution in [0.4, 0.5) is 5.82 Å². The smallest absolute Gasteiger partial charge is 0.141 e. The highest BCUT2D eigenvalue weighted by Gasteiger charge is 2.27. The Balaban J connectivity index is 1.68. The molecular formula is C14H15N5S. The molecule has 4 rings (SSSR count). The number of thiophene rings is 1. The van der Waals surface area contributed by atoms with Crippen molar-refractivity contribution in [2.45, 2.75) is 25.4 Å². The average Bonchev–Trinajstić information content (AvgIpc) is 3.19. The molecule has 5 nitrogen and oxygen atoms in total. The number of hydrogen-bond donors (Lipinski definition) is 0. The first-order chi connectivity index (χ1) is 9.92. The molecule has 1 saturated heterocycles. The fourth-order valence-electron chi connectivity index (χ4n) is 2.93. The van der Waals surface area contributed by atoms with Crippen LogP contribution in [0.15, 0.2) is 36.2 Å². The quantitative estimate of drug-likeness (QED) is 0.742. The second-order valence-corrected chi connectivity index (χ2v) is 5.95. The molecule has 102 valence electrons. The van der Waals surface area contributed by atoms with Crippen LogP contribution >= 0.6 is 11.3 Å². The Morgan fingerprint density at radius 3 is 3.25 bits per heavy atom. The van der Waals surface area contributed by atoms with Crippen molar-refractivity contribution >= 4 is 27.4 Å². The fourth-order valence-corrected chi connectivity index (χ4v) is 3.66. The lowest BCUT2D eigenvalue weighted by Crippen LogP contribution is -2.33. The average molecular weight is 285 g/mol. The van der Waals surface area contributed by atoms with Gasteiger partial charge in [0.15, 0.2) is 0 Å². The highest BCUT2D eigenvalue weighted by Crippen LogP contribution is 2.31. The summed E-state index contributed by atoms with van der Waals surface area (Å²) in [5.41, 5.74) is 0. The molecule has 0 saturated carbocycles. The van der Waals surface area contributed by atoms with Crippen molar-refractivity contribution in [3.8, 4) is 0 Å². The van der Waals surface area contributed by atoms with E-state index >= 15 is 0 Å². The third-order valence-electron chi connectivity index (χ3n) is 3.85. The van der Waals surface area contributed by atoms with E-state index in [1.54, 1.807) is 17.7 Å². The normalized spacial score (nSPS) is 19.0. The predicted molar refractivity (Wildman–Crippen MR) is 80.0 cm³/mol. The van der Waals surface area contributed by atoms with Crippen LogP contribution in [0.2, 0.25) is 0 Å². The summed E-state index contributed by atoms with van der Waals surface area (Å²) < 4.78 is 2.01. The van der Waals surface area contributed by atoms with Gasteiger partial charge in [0.2, 0.25) is 0 Å². The number of aromatic nitrogens is 4. The van der Waals surface area contributed by atoms with Crippen LogP contribution in [0.3, 0.4) is 0 Å². The summed E-state index contributed by atoms with van der Waals surface area (Å²) in [4.78, 5) is 12.4. The molecule has 4 heterocycles. The Bertz CT molecular complexity index is 705. The van der Waals surface area contributed by atoms with E-state index in [0.29, 0.717) is 6.04 Å². The van der Waals surface area contributed by atoms with Gasteiger partial charge in [-0.25, -0.2) is 9.97 Å².